The molecule has 0 spiro atoms. The van der Waals surface area contributed by atoms with Crippen molar-refractivity contribution < 1.29 is 19.2 Å². The number of nitrogens with one attached hydrogen (secondary N) is 2. The van der Waals surface area contributed by atoms with Crippen LogP contribution in [0, 0.1) is 0 Å². The van der Waals surface area contributed by atoms with E-state index in [9.17, 15) is 19.2 Å². The first kappa shape index (κ1) is 39.7. The zero-order valence-corrected chi connectivity index (χ0v) is 31.6. The Morgan fingerprint density at radius 2 is 1.08 bits per heavy atom. The van der Waals surface area contributed by atoms with Gasteiger partial charge in [0.1, 0.15) is 5.69 Å². The van der Waals surface area contributed by atoms with E-state index in [2.05, 4.69) is 31.1 Å². The van der Waals surface area contributed by atoms with Crippen molar-refractivity contribution in [2.45, 2.75) is 79.3 Å². The third-order valence-electron chi connectivity index (χ3n) is 8.49. The maximum atomic E-state index is 13.1. The lowest BCUT2D eigenvalue weighted by molar-refractivity contribution is -0.127. The number of hydrogen-bond donors (Lipinski definition) is 2. The smallest absolute Gasteiger partial charge is 0.258 e. The van der Waals surface area contributed by atoms with Crippen molar-refractivity contribution in [2.24, 2.45) is 20.5 Å². The number of Topliss-reactive ketones (excluding diaryl/α,β-unsaturated/α-hetero) is 2. The average molecular weight is 742 g/mol. The van der Waals surface area contributed by atoms with Gasteiger partial charge in [0, 0.05) is 16.9 Å². The fourth-order valence-electron chi connectivity index (χ4n) is 5.36. The summed E-state index contributed by atoms with van der Waals surface area (Å²) in [5, 5.41) is 22.6. The van der Waals surface area contributed by atoms with E-state index >= 15 is 0 Å². The number of carbonyl (C=O) groups excluding carboxylic acids is 4. The van der Waals surface area contributed by atoms with Crippen LogP contribution in [0.25, 0.3) is 11.1 Å². The van der Waals surface area contributed by atoms with Crippen molar-refractivity contribution in [3.63, 3.8) is 0 Å². The molecule has 0 fully saturated rings. The van der Waals surface area contributed by atoms with Gasteiger partial charge in [-0.25, -0.2) is 0 Å². The van der Waals surface area contributed by atoms with Gasteiger partial charge in [0.05, 0.1) is 15.7 Å². The molecule has 52 heavy (non-hydrogen) atoms. The van der Waals surface area contributed by atoms with Crippen LogP contribution in [0.1, 0.15) is 63.8 Å². The molecule has 0 heterocycles. The fourth-order valence-corrected chi connectivity index (χ4v) is 5.83. The first-order chi connectivity index (χ1) is 24.9. The Balaban J connectivity index is 1.49. The van der Waals surface area contributed by atoms with Crippen molar-refractivity contribution >= 4 is 69.3 Å². The van der Waals surface area contributed by atoms with Crippen molar-refractivity contribution in [1.29, 1.82) is 0 Å². The monoisotopic (exact) mass is 740 g/mol. The number of amides is 2. The van der Waals surface area contributed by atoms with Crippen LogP contribution < -0.4 is 10.6 Å². The largest absolute Gasteiger partial charge is 0.323 e. The van der Waals surface area contributed by atoms with Crippen molar-refractivity contribution in [3.05, 3.63) is 105 Å². The van der Waals surface area contributed by atoms with E-state index in [1.54, 1.807) is 30.3 Å². The number of benzene rings is 4. The summed E-state index contributed by atoms with van der Waals surface area (Å²) < 4.78 is 0. The quantitative estimate of drug-likeness (QED) is 0.0924. The molecule has 2 atom stereocenters. The third kappa shape index (κ3) is 10.0. The standard InChI is InChI=1S/C40H42Cl2N6O4/c1-7-25-11-13-27(9-3)34(19-25)43-39(51)37(23(5)49)47-45-30-17-15-29(16-18-30)31-21-33(42)36(22-32(31)41)46-48-38(24(6)50)40(52)44-35-20-26(8-2)12-14-28(35)10-4/h11-22,37-38H,7-10H2,1-6H3,(H,43,51)(H,44,52). The molecule has 2 amide bonds. The first-order valence-electron chi connectivity index (χ1n) is 17.2. The second-order valence-corrected chi connectivity index (χ2v) is 13.0. The van der Waals surface area contributed by atoms with E-state index in [0.717, 1.165) is 35.1 Å². The molecular weight excluding hydrogens is 699 g/mol. The van der Waals surface area contributed by atoms with Crippen LogP contribution >= 0.6 is 23.2 Å². The topological polar surface area (TPSA) is 142 Å². The number of halogens is 2. The lowest BCUT2D eigenvalue weighted by Crippen LogP contribution is -2.32. The molecule has 0 aliphatic heterocycles. The Bertz CT molecular complexity index is 2030. The number of nitrogens with zero attached hydrogens (tertiary/aromatic N) is 4. The van der Waals surface area contributed by atoms with Gasteiger partial charge >= 0.3 is 0 Å². The second-order valence-electron chi connectivity index (χ2n) is 12.2. The van der Waals surface area contributed by atoms with E-state index in [0.29, 0.717) is 46.1 Å². The molecule has 0 radical (unpaired) electrons. The Labute approximate surface area is 314 Å². The van der Waals surface area contributed by atoms with Crippen LogP contribution in [0.5, 0.6) is 0 Å². The normalized spacial score (nSPS) is 12.5. The maximum Gasteiger partial charge on any atom is 0.258 e. The molecule has 0 saturated heterocycles. The van der Waals surface area contributed by atoms with Crippen LogP contribution in [0.2, 0.25) is 10.0 Å². The molecule has 4 aromatic carbocycles. The minimum absolute atomic E-state index is 0.183. The van der Waals surface area contributed by atoms with E-state index in [1.165, 1.54) is 19.9 Å². The lowest BCUT2D eigenvalue weighted by Gasteiger charge is -2.14. The third-order valence-corrected chi connectivity index (χ3v) is 9.11. The number of ketones is 2. The molecule has 0 bridgehead atoms. The minimum atomic E-state index is -1.39. The highest BCUT2D eigenvalue weighted by molar-refractivity contribution is 6.37. The van der Waals surface area contributed by atoms with Gasteiger partial charge in [-0.05, 0) is 104 Å². The number of rotatable bonds is 15. The summed E-state index contributed by atoms with van der Waals surface area (Å²) in [5.74, 6) is -2.08. The highest BCUT2D eigenvalue weighted by Crippen LogP contribution is 2.38. The molecule has 4 rings (SSSR count). The SMILES string of the molecule is CCc1ccc(CC)c(NC(=O)C(N=Nc2ccc(-c3cc(Cl)c(N=NC(C(C)=O)C(=O)Nc4cc(CC)ccc4CC)cc3Cl)cc2)C(C)=O)c1. The second kappa shape index (κ2) is 18.4. The van der Waals surface area contributed by atoms with Gasteiger partial charge in [0.15, 0.2) is 11.6 Å². The predicted octanol–water partition coefficient (Wildman–Crippen LogP) is 10.3. The molecule has 0 aliphatic rings. The number of hydrogen-bond acceptors (Lipinski definition) is 8. The maximum absolute atomic E-state index is 13.1. The van der Waals surface area contributed by atoms with Crippen LogP contribution in [0.3, 0.4) is 0 Å². The zero-order valence-electron chi connectivity index (χ0n) is 30.1. The van der Waals surface area contributed by atoms with Crippen molar-refractivity contribution in [1.82, 2.24) is 0 Å². The molecule has 2 N–H and O–H groups in total. The van der Waals surface area contributed by atoms with E-state index < -0.39 is 35.5 Å². The van der Waals surface area contributed by atoms with E-state index in [4.69, 9.17) is 23.2 Å². The Kier molecular flexibility index (Phi) is 14.1. The van der Waals surface area contributed by atoms with Gasteiger partial charge in [-0.3, -0.25) is 19.2 Å². The lowest BCUT2D eigenvalue weighted by atomic mass is 10.0. The highest BCUT2D eigenvalue weighted by atomic mass is 35.5. The van der Waals surface area contributed by atoms with Gasteiger partial charge in [0.25, 0.3) is 11.8 Å². The average Bonchev–Trinajstić information content (AvgIpc) is 3.12. The number of carbonyl (C=O) groups is 4. The Hall–Kier alpha value is -5.06. The van der Waals surface area contributed by atoms with Gasteiger partial charge in [-0.2, -0.15) is 20.5 Å². The van der Waals surface area contributed by atoms with Crippen LogP contribution in [0.15, 0.2) is 93.3 Å². The number of azo groups is 2. The molecular formula is C40H42Cl2N6O4. The summed E-state index contributed by atoms with van der Waals surface area (Å²) in [6, 6.07) is 19.0. The fraction of sp³-hybridized carbons (Fsp3) is 0.300. The van der Waals surface area contributed by atoms with E-state index in [1.807, 2.05) is 64.1 Å². The van der Waals surface area contributed by atoms with Crippen molar-refractivity contribution in [3.8, 4) is 11.1 Å². The summed E-state index contributed by atoms with van der Waals surface area (Å²) in [6.07, 6.45) is 3.02. The van der Waals surface area contributed by atoms with Crippen LogP contribution in [0.4, 0.5) is 22.7 Å². The molecule has 0 saturated carbocycles. The van der Waals surface area contributed by atoms with Gasteiger partial charge in [0.2, 0.25) is 12.1 Å². The van der Waals surface area contributed by atoms with Gasteiger partial charge in [-0.15, -0.1) is 0 Å². The Morgan fingerprint density at radius 1 is 0.596 bits per heavy atom. The number of aryl methyl sites for hydroxylation is 4. The minimum Gasteiger partial charge on any atom is -0.323 e. The molecule has 10 nitrogen and oxygen atoms in total. The number of anilines is 2. The van der Waals surface area contributed by atoms with Crippen LogP contribution in [-0.2, 0) is 44.9 Å². The van der Waals surface area contributed by atoms with Crippen LogP contribution in [-0.4, -0.2) is 35.5 Å². The zero-order chi connectivity index (χ0) is 37.9. The van der Waals surface area contributed by atoms with E-state index in [-0.39, 0.29) is 10.7 Å². The molecule has 12 heteroatoms. The van der Waals surface area contributed by atoms with Gasteiger partial charge < -0.3 is 10.6 Å². The van der Waals surface area contributed by atoms with Crippen molar-refractivity contribution in [2.75, 3.05) is 10.6 Å². The molecule has 0 aliphatic carbocycles. The molecule has 270 valence electrons. The summed E-state index contributed by atoms with van der Waals surface area (Å²) in [4.78, 5) is 51.0. The Morgan fingerprint density at radius 3 is 1.52 bits per heavy atom. The first-order valence-corrected chi connectivity index (χ1v) is 17.9. The predicted molar refractivity (Wildman–Crippen MR) is 208 cm³/mol. The summed E-state index contributed by atoms with van der Waals surface area (Å²) >= 11 is 13.2. The summed E-state index contributed by atoms with van der Waals surface area (Å²) in [5.41, 5.74) is 7.18. The molecule has 2 unspecified atom stereocenters. The summed E-state index contributed by atoms with van der Waals surface area (Å²) in [7, 11) is 0. The van der Waals surface area contributed by atoms with Gasteiger partial charge in [-0.1, -0.05) is 87.3 Å². The highest BCUT2D eigenvalue weighted by Gasteiger charge is 2.25. The molecule has 0 aromatic heterocycles. The molecule has 4 aromatic rings. The summed E-state index contributed by atoms with van der Waals surface area (Å²) in [6.45, 7) is 10.6.